The van der Waals surface area contributed by atoms with Gasteiger partial charge in [-0.1, -0.05) is 52.6 Å². The Morgan fingerprint density at radius 1 is 1.21 bits per heavy atom. The number of aliphatic imine (C=N–C) groups is 1. The summed E-state index contributed by atoms with van der Waals surface area (Å²) in [7, 11) is 6.12. The molecule has 1 unspecified atom stereocenters. The molecule has 5 heteroatoms. The minimum absolute atomic E-state index is 0.105. The summed E-state index contributed by atoms with van der Waals surface area (Å²) >= 11 is 1.70. The standard InChI is InChI=1S/C19H20BFN2S/c1-12-7-13(2)9-14(8-12)10-18(23-19-22-5-6-24-19)16-11-15(21)3-4-17(16)20/h3-4,7-9,11,18H,5-6,10H2,1-2H3,(H,22,23). The van der Waals surface area contributed by atoms with Crippen LogP contribution in [-0.2, 0) is 6.42 Å². The van der Waals surface area contributed by atoms with E-state index in [0.717, 1.165) is 29.4 Å². The average molecular weight is 338 g/mol. The molecule has 1 atom stereocenters. The third-order valence-corrected chi connectivity index (χ3v) is 4.94. The molecule has 0 aliphatic carbocycles. The highest BCUT2D eigenvalue weighted by Gasteiger charge is 2.19. The van der Waals surface area contributed by atoms with E-state index in [2.05, 4.69) is 42.4 Å². The molecule has 1 heterocycles. The number of aryl methyl sites for hydroxylation is 2. The molecule has 2 nitrogen and oxygen atoms in total. The van der Waals surface area contributed by atoms with Gasteiger partial charge in [0.15, 0.2) is 5.17 Å². The van der Waals surface area contributed by atoms with Crippen LogP contribution in [0.4, 0.5) is 4.39 Å². The van der Waals surface area contributed by atoms with E-state index in [1.807, 2.05) is 0 Å². The van der Waals surface area contributed by atoms with Gasteiger partial charge in [0.25, 0.3) is 0 Å². The second-order valence-electron chi connectivity index (χ2n) is 6.21. The quantitative estimate of drug-likeness (QED) is 0.866. The van der Waals surface area contributed by atoms with Crippen LogP contribution in [0.2, 0.25) is 0 Å². The average Bonchev–Trinajstić information content (AvgIpc) is 3.01. The molecule has 1 aliphatic heterocycles. The lowest BCUT2D eigenvalue weighted by molar-refractivity contribution is 0.609. The van der Waals surface area contributed by atoms with Gasteiger partial charge < -0.3 is 5.32 Å². The number of rotatable bonds is 4. The minimum Gasteiger partial charge on any atom is -0.358 e. The second-order valence-corrected chi connectivity index (χ2v) is 7.29. The van der Waals surface area contributed by atoms with Crippen LogP contribution < -0.4 is 10.8 Å². The molecular weight excluding hydrogens is 318 g/mol. The summed E-state index contributed by atoms with van der Waals surface area (Å²) < 4.78 is 13.8. The number of nitrogens with zero attached hydrogens (tertiary/aromatic N) is 1. The SMILES string of the molecule is [B]c1ccc(F)cc1C(Cc1cc(C)cc(C)c1)NC1=NCCS1. The second kappa shape index (κ2) is 7.43. The predicted octanol–water partition coefficient (Wildman–Crippen LogP) is 3.21. The maximum absolute atomic E-state index is 13.8. The zero-order chi connectivity index (χ0) is 17.1. The highest BCUT2D eigenvalue weighted by molar-refractivity contribution is 8.14. The van der Waals surface area contributed by atoms with E-state index < -0.39 is 0 Å². The zero-order valence-corrected chi connectivity index (χ0v) is 14.8. The molecule has 0 aromatic heterocycles. The van der Waals surface area contributed by atoms with Crippen LogP contribution in [0.3, 0.4) is 0 Å². The third-order valence-electron chi connectivity index (χ3n) is 4.03. The molecule has 1 aliphatic rings. The molecule has 1 N–H and O–H groups in total. The first-order valence-corrected chi connectivity index (χ1v) is 9.06. The van der Waals surface area contributed by atoms with Gasteiger partial charge in [-0.05, 0) is 43.5 Å². The Bertz CT molecular complexity index is 756. The Morgan fingerprint density at radius 2 is 1.96 bits per heavy atom. The van der Waals surface area contributed by atoms with Crippen LogP contribution in [0, 0.1) is 19.7 Å². The van der Waals surface area contributed by atoms with Gasteiger partial charge >= 0.3 is 0 Å². The van der Waals surface area contributed by atoms with Crippen LogP contribution in [-0.4, -0.2) is 25.3 Å². The van der Waals surface area contributed by atoms with E-state index in [-0.39, 0.29) is 11.9 Å². The fourth-order valence-corrected chi connectivity index (χ4v) is 3.86. The van der Waals surface area contributed by atoms with Crippen molar-refractivity contribution in [3.63, 3.8) is 0 Å². The van der Waals surface area contributed by atoms with E-state index in [1.165, 1.54) is 28.8 Å². The Kier molecular flexibility index (Phi) is 5.29. The molecule has 0 fully saturated rings. The van der Waals surface area contributed by atoms with E-state index in [9.17, 15) is 4.39 Å². The lowest BCUT2D eigenvalue weighted by atomic mass is 9.85. The van der Waals surface area contributed by atoms with Crippen molar-refractivity contribution < 1.29 is 4.39 Å². The molecule has 2 aromatic rings. The summed E-state index contributed by atoms with van der Waals surface area (Å²) in [5.74, 6) is 0.712. The van der Waals surface area contributed by atoms with Gasteiger partial charge in [0.05, 0.1) is 12.6 Å². The van der Waals surface area contributed by atoms with Crippen molar-refractivity contribution in [2.45, 2.75) is 26.3 Å². The summed E-state index contributed by atoms with van der Waals surface area (Å²) in [5, 5.41) is 4.36. The Morgan fingerprint density at radius 3 is 2.62 bits per heavy atom. The van der Waals surface area contributed by atoms with Crippen molar-refractivity contribution in [3.8, 4) is 0 Å². The summed E-state index contributed by atoms with van der Waals surface area (Å²) in [4.78, 5) is 4.46. The zero-order valence-electron chi connectivity index (χ0n) is 14.0. The van der Waals surface area contributed by atoms with Crippen molar-refractivity contribution in [3.05, 3.63) is 64.5 Å². The summed E-state index contributed by atoms with van der Waals surface area (Å²) in [6, 6.07) is 10.9. The number of hydrogen-bond acceptors (Lipinski definition) is 3. The maximum Gasteiger partial charge on any atom is 0.157 e. The Labute approximate surface area is 148 Å². The summed E-state index contributed by atoms with van der Waals surface area (Å²) in [5.41, 5.74) is 5.04. The third kappa shape index (κ3) is 4.21. The van der Waals surface area contributed by atoms with Crippen molar-refractivity contribution in [2.75, 3.05) is 12.3 Å². The molecular formula is C19H20BFN2S. The summed E-state index contributed by atoms with van der Waals surface area (Å²) in [6.45, 7) is 5.00. The van der Waals surface area contributed by atoms with Crippen LogP contribution >= 0.6 is 11.8 Å². The van der Waals surface area contributed by atoms with Gasteiger partial charge in [-0.3, -0.25) is 4.99 Å². The van der Waals surface area contributed by atoms with E-state index >= 15 is 0 Å². The van der Waals surface area contributed by atoms with Gasteiger partial charge in [-0.25, -0.2) is 4.39 Å². The molecule has 0 spiro atoms. The first-order chi connectivity index (χ1) is 11.5. The summed E-state index contributed by atoms with van der Waals surface area (Å²) in [6.07, 6.45) is 0.732. The number of amidine groups is 1. The van der Waals surface area contributed by atoms with Crippen molar-refractivity contribution in [1.82, 2.24) is 5.32 Å². The first-order valence-electron chi connectivity index (χ1n) is 8.07. The van der Waals surface area contributed by atoms with Crippen LogP contribution in [0.25, 0.3) is 0 Å². The molecule has 2 aromatic carbocycles. The minimum atomic E-state index is -0.271. The van der Waals surface area contributed by atoms with Crippen molar-refractivity contribution >= 4 is 30.2 Å². The van der Waals surface area contributed by atoms with Crippen LogP contribution in [0.5, 0.6) is 0 Å². The van der Waals surface area contributed by atoms with Gasteiger partial charge in [0.2, 0.25) is 0 Å². The molecule has 0 amide bonds. The molecule has 122 valence electrons. The molecule has 0 saturated heterocycles. The number of hydrogen-bond donors (Lipinski definition) is 1. The van der Waals surface area contributed by atoms with Crippen molar-refractivity contribution in [2.24, 2.45) is 4.99 Å². The molecule has 0 saturated carbocycles. The van der Waals surface area contributed by atoms with Crippen LogP contribution in [0.15, 0.2) is 41.4 Å². The smallest absolute Gasteiger partial charge is 0.157 e. The largest absolute Gasteiger partial charge is 0.358 e. The lowest BCUT2D eigenvalue weighted by Gasteiger charge is -2.23. The fraction of sp³-hybridized carbons (Fsp3) is 0.316. The fourth-order valence-electron chi connectivity index (χ4n) is 3.08. The highest BCUT2D eigenvalue weighted by Crippen LogP contribution is 2.22. The molecule has 3 rings (SSSR count). The molecule has 2 radical (unpaired) electrons. The number of thioether (sulfide) groups is 1. The topological polar surface area (TPSA) is 24.4 Å². The number of nitrogens with one attached hydrogen (secondary N) is 1. The number of halogens is 1. The normalized spacial score (nSPS) is 15.2. The number of benzene rings is 2. The Hall–Kier alpha value is -1.75. The van der Waals surface area contributed by atoms with Gasteiger partial charge in [0.1, 0.15) is 13.7 Å². The molecule has 0 bridgehead atoms. The molecule has 24 heavy (non-hydrogen) atoms. The predicted molar refractivity (Wildman–Crippen MR) is 102 cm³/mol. The maximum atomic E-state index is 13.8. The monoisotopic (exact) mass is 338 g/mol. The van der Waals surface area contributed by atoms with E-state index in [4.69, 9.17) is 7.85 Å². The van der Waals surface area contributed by atoms with Gasteiger partial charge in [-0.15, -0.1) is 0 Å². The van der Waals surface area contributed by atoms with E-state index in [1.54, 1.807) is 17.8 Å². The van der Waals surface area contributed by atoms with E-state index in [0.29, 0.717) is 5.46 Å². The first kappa shape index (κ1) is 17.1. The van der Waals surface area contributed by atoms with Crippen LogP contribution in [0.1, 0.15) is 28.3 Å². The highest BCUT2D eigenvalue weighted by atomic mass is 32.2. The van der Waals surface area contributed by atoms with Gasteiger partial charge in [0, 0.05) is 5.75 Å². The Balaban J connectivity index is 1.93. The van der Waals surface area contributed by atoms with Gasteiger partial charge in [-0.2, -0.15) is 0 Å². The lowest BCUT2D eigenvalue weighted by Crippen LogP contribution is -2.31. The van der Waals surface area contributed by atoms with Crippen molar-refractivity contribution in [1.29, 1.82) is 0 Å².